The number of nitrogens with one attached hydrogen (secondary N) is 2. The van der Waals surface area contributed by atoms with Crippen LogP contribution in [-0.4, -0.2) is 28.3 Å². The molecule has 2 N–H and O–H groups in total. The second-order valence-electron chi connectivity index (χ2n) is 5.82. The second kappa shape index (κ2) is 8.81. The lowest BCUT2D eigenvalue weighted by molar-refractivity contribution is 0.0601. The third-order valence-corrected chi connectivity index (χ3v) is 4.47. The Bertz CT molecular complexity index is 1020. The Morgan fingerprint density at radius 2 is 2.07 bits per heavy atom. The summed E-state index contributed by atoms with van der Waals surface area (Å²) in [6, 6.07) is 12.5. The standard InChI is InChI=1S/C19H17ClN4O3S/c1-11-5-3-4-6-13(11)17-23-16(27-24-17)10-21-19(28)22-15-9-12(18(25)26-2)7-8-14(15)20/h3-9H,10H2,1-2H3,(H2,21,22,28). The number of thiocarbonyl (C=S) groups is 1. The number of esters is 1. The number of carbonyl (C=O) groups excluding carboxylic acids is 1. The van der Waals surface area contributed by atoms with Gasteiger partial charge in [-0.1, -0.05) is 41.0 Å². The van der Waals surface area contributed by atoms with Gasteiger partial charge in [-0.25, -0.2) is 4.79 Å². The number of hydrogen-bond acceptors (Lipinski definition) is 6. The van der Waals surface area contributed by atoms with Crippen LogP contribution in [0.3, 0.4) is 0 Å². The summed E-state index contributed by atoms with van der Waals surface area (Å²) in [4.78, 5) is 16.0. The van der Waals surface area contributed by atoms with Crippen LogP contribution in [-0.2, 0) is 11.3 Å². The van der Waals surface area contributed by atoms with E-state index in [1.807, 2.05) is 31.2 Å². The molecule has 7 nitrogen and oxygen atoms in total. The molecule has 1 heterocycles. The average Bonchev–Trinajstić information content (AvgIpc) is 3.16. The predicted molar refractivity (Wildman–Crippen MR) is 110 cm³/mol. The van der Waals surface area contributed by atoms with E-state index >= 15 is 0 Å². The number of methoxy groups -OCH3 is 1. The van der Waals surface area contributed by atoms with E-state index in [4.69, 9.17) is 33.1 Å². The summed E-state index contributed by atoms with van der Waals surface area (Å²) >= 11 is 11.4. The number of aryl methyl sites for hydroxylation is 1. The fourth-order valence-electron chi connectivity index (χ4n) is 2.45. The van der Waals surface area contributed by atoms with Crippen molar-refractivity contribution in [2.45, 2.75) is 13.5 Å². The number of halogens is 1. The number of rotatable bonds is 5. The van der Waals surface area contributed by atoms with Crippen molar-refractivity contribution in [2.24, 2.45) is 0 Å². The van der Waals surface area contributed by atoms with Crippen molar-refractivity contribution < 1.29 is 14.1 Å². The highest BCUT2D eigenvalue weighted by Gasteiger charge is 2.12. The van der Waals surface area contributed by atoms with Crippen LogP contribution in [0, 0.1) is 6.92 Å². The molecular weight excluding hydrogens is 400 g/mol. The molecule has 9 heteroatoms. The molecule has 144 valence electrons. The maximum absolute atomic E-state index is 11.6. The third kappa shape index (κ3) is 4.65. The zero-order chi connectivity index (χ0) is 20.1. The van der Waals surface area contributed by atoms with E-state index in [0.717, 1.165) is 11.1 Å². The molecule has 28 heavy (non-hydrogen) atoms. The fraction of sp³-hybridized carbons (Fsp3) is 0.158. The van der Waals surface area contributed by atoms with Crippen LogP contribution in [0.1, 0.15) is 21.8 Å². The molecule has 1 aromatic heterocycles. The molecule has 0 saturated heterocycles. The molecule has 0 amide bonds. The van der Waals surface area contributed by atoms with E-state index in [0.29, 0.717) is 33.1 Å². The van der Waals surface area contributed by atoms with Crippen LogP contribution < -0.4 is 10.6 Å². The van der Waals surface area contributed by atoms with Gasteiger partial charge in [0.15, 0.2) is 5.11 Å². The molecule has 0 fully saturated rings. The molecule has 0 atom stereocenters. The molecule has 0 bridgehead atoms. The van der Waals surface area contributed by atoms with E-state index in [1.54, 1.807) is 18.2 Å². The Balaban J connectivity index is 1.63. The molecule has 3 aromatic rings. The maximum atomic E-state index is 11.6. The molecule has 0 aliphatic rings. The largest absolute Gasteiger partial charge is 0.465 e. The van der Waals surface area contributed by atoms with Gasteiger partial charge in [0, 0.05) is 5.56 Å². The Labute approximate surface area is 172 Å². The van der Waals surface area contributed by atoms with Crippen LogP contribution in [0.15, 0.2) is 47.0 Å². The van der Waals surface area contributed by atoms with E-state index in [-0.39, 0.29) is 6.54 Å². The molecule has 0 radical (unpaired) electrons. The number of carbonyl (C=O) groups is 1. The lowest BCUT2D eigenvalue weighted by atomic mass is 10.1. The summed E-state index contributed by atoms with van der Waals surface area (Å²) < 4.78 is 9.97. The van der Waals surface area contributed by atoms with Crippen molar-refractivity contribution in [3.8, 4) is 11.4 Å². The van der Waals surface area contributed by atoms with Gasteiger partial charge in [-0.15, -0.1) is 0 Å². The van der Waals surface area contributed by atoms with Crippen LogP contribution in [0.5, 0.6) is 0 Å². The van der Waals surface area contributed by atoms with Crippen LogP contribution >= 0.6 is 23.8 Å². The van der Waals surface area contributed by atoms with Gasteiger partial charge in [0.1, 0.15) is 0 Å². The minimum absolute atomic E-state index is 0.235. The van der Waals surface area contributed by atoms with Gasteiger partial charge in [0.05, 0.1) is 29.9 Å². The van der Waals surface area contributed by atoms with Crippen molar-refractivity contribution in [3.63, 3.8) is 0 Å². The Hall–Kier alpha value is -2.97. The highest BCUT2D eigenvalue weighted by molar-refractivity contribution is 7.80. The topological polar surface area (TPSA) is 89.3 Å². The van der Waals surface area contributed by atoms with Crippen molar-refractivity contribution >= 4 is 40.6 Å². The summed E-state index contributed by atoms with van der Waals surface area (Å²) in [5.41, 5.74) is 2.80. The summed E-state index contributed by atoms with van der Waals surface area (Å²) in [6.07, 6.45) is 0. The smallest absolute Gasteiger partial charge is 0.337 e. The molecule has 0 saturated carbocycles. The first-order valence-corrected chi connectivity index (χ1v) is 9.08. The number of ether oxygens (including phenoxy) is 1. The number of hydrogen-bond donors (Lipinski definition) is 2. The van der Waals surface area contributed by atoms with Crippen molar-refractivity contribution in [3.05, 3.63) is 64.5 Å². The molecule has 0 spiro atoms. The monoisotopic (exact) mass is 416 g/mol. The molecule has 2 aromatic carbocycles. The predicted octanol–water partition coefficient (Wildman–Crippen LogP) is 3.97. The van der Waals surface area contributed by atoms with E-state index in [2.05, 4.69) is 20.8 Å². The normalized spacial score (nSPS) is 10.4. The molecule has 3 rings (SSSR count). The minimum atomic E-state index is -0.465. The Kier molecular flexibility index (Phi) is 6.23. The summed E-state index contributed by atoms with van der Waals surface area (Å²) in [7, 11) is 1.31. The first-order chi connectivity index (χ1) is 13.5. The number of aromatic nitrogens is 2. The zero-order valence-electron chi connectivity index (χ0n) is 15.2. The van der Waals surface area contributed by atoms with Gasteiger partial charge < -0.3 is 19.9 Å². The lowest BCUT2D eigenvalue weighted by Gasteiger charge is -2.11. The van der Waals surface area contributed by atoms with Crippen LogP contribution in [0.25, 0.3) is 11.4 Å². The van der Waals surface area contributed by atoms with Crippen molar-refractivity contribution in [1.29, 1.82) is 0 Å². The van der Waals surface area contributed by atoms with Gasteiger partial charge in [-0.05, 0) is 42.9 Å². The summed E-state index contributed by atoms with van der Waals surface area (Å²) in [6.45, 7) is 2.22. The van der Waals surface area contributed by atoms with Gasteiger partial charge in [0.25, 0.3) is 0 Å². The highest BCUT2D eigenvalue weighted by atomic mass is 35.5. The highest BCUT2D eigenvalue weighted by Crippen LogP contribution is 2.23. The SMILES string of the molecule is COC(=O)c1ccc(Cl)c(NC(=S)NCc2nc(-c3ccccc3C)no2)c1. The number of benzene rings is 2. The van der Waals surface area contributed by atoms with Crippen LogP contribution in [0.2, 0.25) is 5.02 Å². The molecule has 0 aliphatic heterocycles. The van der Waals surface area contributed by atoms with E-state index < -0.39 is 5.97 Å². The van der Waals surface area contributed by atoms with Gasteiger partial charge >= 0.3 is 5.97 Å². The van der Waals surface area contributed by atoms with Gasteiger partial charge in [0.2, 0.25) is 11.7 Å². The first kappa shape index (κ1) is 19.8. The first-order valence-electron chi connectivity index (χ1n) is 8.29. The molecule has 0 aliphatic carbocycles. The quantitative estimate of drug-likeness (QED) is 0.477. The van der Waals surface area contributed by atoms with E-state index in [1.165, 1.54) is 7.11 Å². The average molecular weight is 417 g/mol. The number of nitrogens with zero attached hydrogens (tertiary/aromatic N) is 2. The van der Waals surface area contributed by atoms with E-state index in [9.17, 15) is 4.79 Å². The summed E-state index contributed by atoms with van der Waals surface area (Å²) in [5, 5.41) is 10.6. The Morgan fingerprint density at radius 1 is 1.29 bits per heavy atom. The third-order valence-electron chi connectivity index (χ3n) is 3.89. The lowest BCUT2D eigenvalue weighted by Crippen LogP contribution is -2.28. The molecular formula is C19H17ClN4O3S. The molecule has 0 unspecified atom stereocenters. The maximum Gasteiger partial charge on any atom is 0.337 e. The minimum Gasteiger partial charge on any atom is -0.465 e. The number of anilines is 1. The fourth-order valence-corrected chi connectivity index (χ4v) is 2.80. The summed E-state index contributed by atoms with van der Waals surface area (Å²) in [5.74, 6) is 0.438. The zero-order valence-corrected chi connectivity index (χ0v) is 16.7. The van der Waals surface area contributed by atoms with Crippen molar-refractivity contribution in [2.75, 3.05) is 12.4 Å². The van der Waals surface area contributed by atoms with Gasteiger partial charge in [-0.3, -0.25) is 0 Å². The van der Waals surface area contributed by atoms with Crippen molar-refractivity contribution in [1.82, 2.24) is 15.5 Å². The second-order valence-corrected chi connectivity index (χ2v) is 6.64. The van der Waals surface area contributed by atoms with Crippen LogP contribution in [0.4, 0.5) is 5.69 Å². The van der Waals surface area contributed by atoms with Gasteiger partial charge in [-0.2, -0.15) is 4.98 Å². The Morgan fingerprint density at radius 3 is 2.82 bits per heavy atom.